The van der Waals surface area contributed by atoms with Crippen molar-refractivity contribution in [1.29, 1.82) is 0 Å². The Balaban J connectivity index is 3.57. The third-order valence-corrected chi connectivity index (χ3v) is 1.91. The molecule has 0 rings (SSSR count). The van der Waals surface area contributed by atoms with Gasteiger partial charge in [-0.05, 0) is 0 Å². The van der Waals surface area contributed by atoms with Crippen LogP contribution in [0.5, 0.6) is 0 Å². The predicted molar refractivity (Wildman–Crippen MR) is 25.1 cm³/mol. The summed E-state index contributed by atoms with van der Waals surface area (Å²) in [4.78, 5) is 0. The summed E-state index contributed by atoms with van der Waals surface area (Å²) in [5.41, 5.74) is 0. The van der Waals surface area contributed by atoms with E-state index in [2.05, 4.69) is 10.8 Å². The molecule has 8 heavy (non-hydrogen) atoms. The fourth-order valence-electron chi connectivity index (χ4n) is 0.152. The summed E-state index contributed by atoms with van der Waals surface area (Å²) in [6.07, 6.45) is 1.40. The zero-order chi connectivity index (χ0) is 6.62. The van der Waals surface area contributed by atoms with Crippen molar-refractivity contribution in [2.45, 2.75) is 0 Å². The topological polar surface area (TPSA) is 43.4 Å². The van der Waals surface area contributed by atoms with Gasteiger partial charge in [-0.1, -0.05) is 0 Å². The Morgan fingerprint density at radius 3 is 2.38 bits per heavy atom. The fourth-order valence-corrected chi connectivity index (χ4v) is 1.06. The summed E-state index contributed by atoms with van der Waals surface area (Å²) in [5, 5.41) is 0. The van der Waals surface area contributed by atoms with Gasteiger partial charge < -0.3 is 0 Å². The zero-order valence-electron chi connectivity index (χ0n) is 4.33. The van der Waals surface area contributed by atoms with Crippen molar-refractivity contribution in [3.8, 4) is 0 Å². The van der Waals surface area contributed by atoms with Gasteiger partial charge in [0.2, 0.25) is 0 Å². The molecule has 0 amide bonds. The van der Waals surface area contributed by atoms with Crippen LogP contribution in [-0.4, -0.2) is 15.0 Å². The quantitative estimate of drug-likeness (QED) is 0.460. The van der Waals surface area contributed by atoms with E-state index in [-0.39, 0.29) is 23.7 Å². The van der Waals surface area contributed by atoms with Gasteiger partial charge in [-0.3, -0.25) is 0 Å². The minimum atomic E-state index is -3.13. The Morgan fingerprint density at radius 1 is 1.75 bits per heavy atom. The second-order valence-corrected chi connectivity index (χ2v) is 6.93. The van der Waals surface area contributed by atoms with Crippen molar-refractivity contribution in [1.82, 2.24) is 0 Å². The van der Waals surface area contributed by atoms with Crippen LogP contribution in [-0.2, 0) is 29.4 Å². The molecule has 0 aliphatic heterocycles. The molecule has 43 valence electrons. The average Bonchev–Trinajstić information content (AvgIpc) is 1.59. The molecule has 0 saturated carbocycles. The molecule has 0 fully saturated rings. The van der Waals surface area contributed by atoms with E-state index in [4.69, 9.17) is 0 Å². The van der Waals surface area contributed by atoms with Gasteiger partial charge in [0.25, 0.3) is 0 Å². The van der Waals surface area contributed by atoms with Crippen LogP contribution in [0.1, 0.15) is 0 Å². The standard InChI is InChI=1S/C3H5O3S.Zn/c1-2-3-6-7(4)5;/h2H,1,3H2;. The molecule has 0 aromatic carbocycles. The van der Waals surface area contributed by atoms with E-state index in [0.29, 0.717) is 0 Å². The molecular weight excluding hydrogens is 181 g/mol. The fraction of sp³-hybridized carbons (Fsp3) is 0.333. The SMILES string of the molecule is C=CCO[S](=O)(=O)[Zn]. The van der Waals surface area contributed by atoms with E-state index >= 15 is 0 Å². The Hall–Kier alpha value is 0.273. The van der Waals surface area contributed by atoms with Gasteiger partial charge in [-0.2, -0.15) is 0 Å². The molecule has 0 aliphatic rings. The second-order valence-electron chi connectivity index (χ2n) is 1.13. The van der Waals surface area contributed by atoms with Gasteiger partial charge in [-0.15, -0.1) is 0 Å². The summed E-state index contributed by atoms with van der Waals surface area (Å²) in [6, 6.07) is 0. The summed E-state index contributed by atoms with van der Waals surface area (Å²) < 4.78 is 24.6. The maximum absolute atomic E-state index is 10.2. The van der Waals surface area contributed by atoms with Crippen LogP contribution >= 0.6 is 0 Å². The molecular formula is C3H5O3SZn. The van der Waals surface area contributed by atoms with E-state index < -0.39 is 8.11 Å². The Morgan fingerprint density at radius 2 is 2.25 bits per heavy atom. The predicted octanol–water partition coefficient (Wildman–Crippen LogP) is -0.0194. The zero-order valence-corrected chi connectivity index (χ0v) is 8.12. The molecule has 0 N–H and O–H groups in total. The van der Waals surface area contributed by atoms with Crippen molar-refractivity contribution in [3.63, 3.8) is 0 Å². The first kappa shape index (κ1) is 8.27. The van der Waals surface area contributed by atoms with Crippen LogP contribution in [0.15, 0.2) is 12.7 Å². The van der Waals surface area contributed by atoms with Crippen molar-refractivity contribution >= 4 is 8.11 Å². The molecule has 0 bridgehead atoms. The van der Waals surface area contributed by atoms with E-state index in [1.807, 2.05) is 0 Å². The molecule has 0 heterocycles. The van der Waals surface area contributed by atoms with Gasteiger partial charge in [0.1, 0.15) is 0 Å². The summed E-state index contributed by atoms with van der Waals surface area (Å²) in [6.45, 7) is 3.37. The first-order valence-corrected chi connectivity index (χ1v) is 7.11. The van der Waals surface area contributed by atoms with Gasteiger partial charge in [-0.25, -0.2) is 0 Å². The maximum atomic E-state index is 10.2. The number of hydrogen-bond donors (Lipinski definition) is 0. The summed E-state index contributed by atoms with van der Waals surface area (Å²) in [5.74, 6) is 0. The van der Waals surface area contributed by atoms with Crippen LogP contribution in [0.25, 0.3) is 0 Å². The number of rotatable bonds is 3. The molecule has 0 aliphatic carbocycles. The van der Waals surface area contributed by atoms with Gasteiger partial charge in [0.15, 0.2) is 0 Å². The third kappa shape index (κ3) is 6.27. The molecule has 0 aromatic heterocycles. The third-order valence-electron chi connectivity index (χ3n) is 0.365. The Bertz CT molecular complexity index is 159. The second kappa shape index (κ2) is 3.33. The van der Waals surface area contributed by atoms with Crippen molar-refractivity contribution in [2.75, 3.05) is 6.61 Å². The first-order chi connectivity index (χ1) is 3.56. The summed E-state index contributed by atoms with van der Waals surface area (Å²) in [7, 11) is -3.13. The van der Waals surface area contributed by atoms with Crippen molar-refractivity contribution in [3.05, 3.63) is 12.7 Å². The van der Waals surface area contributed by atoms with Crippen molar-refractivity contribution in [2.24, 2.45) is 0 Å². The van der Waals surface area contributed by atoms with Crippen molar-refractivity contribution < 1.29 is 29.7 Å². The van der Waals surface area contributed by atoms with Gasteiger partial charge in [0, 0.05) is 0 Å². The first-order valence-electron chi connectivity index (χ1n) is 1.89. The monoisotopic (exact) mass is 185 g/mol. The van der Waals surface area contributed by atoms with E-state index in [9.17, 15) is 8.42 Å². The Kier molecular flexibility index (Phi) is 3.44. The van der Waals surface area contributed by atoms with Crippen LogP contribution < -0.4 is 0 Å². The van der Waals surface area contributed by atoms with Crippen LogP contribution in [0.2, 0.25) is 0 Å². The molecule has 0 saturated heterocycles. The minimum absolute atomic E-state index is 0.0856. The average molecular weight is 187 g/mol. The van der Waals surface area contributed by atoms with E-state index in [1.54, 1.807) is 0 Å². The molecule has 0 aromatic rings. The summed E-state index contributed by atoms with van der Waals surface area (Å²) >= 11 is 0.140. The van der Waals surface area contributed by atoms with Gasteiger partial charge >= 0.3 is 57.1 Å². The Labute approximate surface area is 57.4 Å². The number of hydrogen-bond acceptors (Lipinski definition) is 3. The van der Waals surface area contributed by atoms with Crippen LogP contribution in [0, 0.1) is 0 Å². The normalized spacial score (nSPS) is 11.2. The molecule has 0 unspecified atom stereocenters. The van der Waals surface area contributed by atoms with Gasteiger partial charge in [0.05, 0.1) is 0 Å². The van der Waals surface area contributed by atoms with Crippen LogP contribution in [0.3, 0.4) is 0 Å². The molecule has 0 atom stereocenters. The molecule has 0 spiro atoms. The van der Waals surface area contributed by atoms with E-state index in [0.717, 1.165) is 0 Å². The van der Waals surface area contributed by atoms with Crippen LogP contribution in [0.4, 0.5) is 0 Å². The van der Waals surface area contributed by atoms with E-state index in [1.165, 1.54) is 6.08 Å². The molecule has 5 heteroatoms. The molecule has 0 radical (unpaired) electrons. The molecule has 3 nitrogen and oxygen atoms in total.